The SMILES string of the molecule is CCC/C=C\C/C=C\CCCCCCCC(=O)OC(COC(=O)CCCCCCC/C=C\CCCCCCC)COC(OCC[N+](C)(C)C)C(=O)[O-]. The first-order valence-electron chi connectivity index (χ1n) is 20.6. The van der Waals surface area contributed by atoms with E-state index in [1.807, 2.05) is 21.1 Å². The van der Waals surface area contributed by atoms with Gasteiger partial charge in [-0.2, -0.15) is 0 Å². The third-order valence-corrected chi connectivity index (χ3v) is 8.59. The van der Waals surface area contributed by atoms with Crippen LogP contribution in [0.5, 0.6) is 0 Å². The van der Waals surface area contributed by atoms with E-state index in [1.165, 1.54) is 44.9 Å². The van der Waals surface area contributed by atoms with E-state index in [0.29, 0.717) is 17.4 Å². The fraction of sp³-hybridized carbons (Fsp3) is 0.791. The first kappa shape index (κ1) is 49.5. The predicted octanol–water partition coefficient (Wildman–Crippen LogP) is 8.94. The zero-order valence-corrected chi connectivity index (χ0v) is 33.9. The highest BCUT2D eigenvalue weighted by molar-refractivity contribution is 5.70. The first-order valence-corrected chi connectivity index (χ1v) is 20.6. The standard InChI is InChI=1S/C43H77NO8/c1-6-8-10-12-14-16-18-20-22-23-25-27-29-31-33-40(45)50-37-39(38-51-43(42(47)48)49-36-35-44(3,4)5)52-41(46)34-32-30-28-26-24-21-19-17-15-13-11-9-7-2/h11,13,17-20,39,43H,6-10,12,14-16,21-38H2,1-5H3/b13-11-,19-17-,20-18-. The molecule has 9 nitrogen and oxygen atoms in total. The summed E-state index contributed by atoms with van der Waals surface area (Å²) in [5.41, 5.74) is 0. The zero-order valence-electron chi connectivity index (χ0n) is 33.9. The lowest BCUT2D eigenvalue weighted by molar-refractivity contribution is -0.870. The Labute approximate surface area is 318 Å². The number of quaternary nitrogens is 1. The molecule has 2 atom stereocenters. The highest BCUT2D eigenvalue weighted by atomic mass is 16.7. The van der Waals surface area contributed by atoms with Crippen molar-refractivity contribution in [3.8, 4) is 0 Å². The van der Waals surface area contributed by atoms with Crippen molar-refractivity contribution in [2.75, 3.05) is 47.5 Å². The molecule has 0 fully saturated rings. The number of carboxylic acids is 1. The summed E-state index contributed by atoms with van der Waals surface area (Å²) in [6.45, 7) is 4.62. The predicted molar refractivity (Wildman–Crippen MR) is 209 cm³/mol. The van der Waals surface area contributed by atoms with Gasteiger partial charge in [-0.05, 0) is 64.2 Å². The summed E-state index contributed by atoms with van der Waals surface area (Å²) in [5.74, 6) is -2.32. The first-order chi connectivity index (χ1) is 25.1. The summed E-state index contributed by atoms with van der Waals surface area (Å²) in [6.07, 6.45) is 34.6. The van der Waals surface area contributed by atoms with Gasteiger partial charge in [0.1, 0.15) is 13.2 Å². The molecule has 0 N–H and O–H groups in total. The Kier molecular flexibility index (Phi) is 33.8. The third kappa shape index (κ3) is 35.9. The highest BCUT2D eigenvalue weighted by Gasteiger charge is 2.21. The second kappa shape index (κ2) is 35.5. The molecule has 0 aromatic rings. The molecular weight excluding hydrogens is 658 g/mol. The fourth-order valence-electron chi connectivity index (χ4n) is 5.33. The molecule has 0 radical (unpaired) electrons. The van der Waals surface area contributed by atoms with E-state index in [0.717, 1.165) is 83.5 Å². The van der Waals surface area contributed by atoms with Gasteiger partial charge < -0.3 is 33.3 Å². The molecule has 0 aliphatic heterocycles. The van der Waals surface area contributed by atoms with Gasteiger partial charge in [-0.25, -0.2) is 0 Å². The van der Waals surface area contributed by atoms with Crippen molar-refractivity contribution in [1.82, 2.24) is 0 Å². The quantitative estimate of drug-likeness (QED) is 0.0205. The summed E-state index contributed by atoms with van der Waals surface area (Å²) in [6, 6.07) is 0. The number of esters is 2. The molecule has 0 aromatic heterocycles. The van der Waals surface area contributed by atoms with Gasteiger partial charge in [-0.1, -0.05) is 121 Å². The molecule has 0 aliphatic carbocycles. The van der Waals surface area contributed by atoms with Crippen LogP contribution in [0.4, 0.5) is 0 Å². The van der Waals surface area contributed by atoms with Crippen LogP contribution < -0.4 is 5.11 Å². The van der Waals surface area contributed by atoms with Gasteiger partial charge in [0.05, 0.1) is 40.3 Å². The van der Waals surface area contributed by atoms with Crippen LogP contribution in [0.1, 0.15) is 162 Å². The van der Waals surface area contributed by atoms with E-state index in [9.17, 15) is 19.5 Å². The number of ether oxygens (including phenoxy) is 4. The summed E-state index contributed by atoms with van der Waals surface area (Å²) in [4.78, 5) is 36.8. The van der Waals surface area contributed by atoms with Crippen LogP contribution in [0.15, 0.2) is 36.5 Å². The van der Waals surface area contributed by atoms with Gasteiger partial charge in [0.25, 0.3) is 0 Å². The number of nitrogens with zero attached hydrogens (tertiary/aromatic N) is 1. The minimum atomic E-state index is -1.62. The van der Waals surface area contributed by atoms with Crippen LogP contribution in [0, 0.1) is 0 Å². The smallest absolute Gasteiger partial charge is 0.306 e. The molecule has 0 spiro atoms. The second-order valence-electron chi connectivity index (χ2n) is 14.9. The van der Waals surface area contributed by atoms with Gasteiger partial charge in [-0.3, -0.25) is 9.59 Å². The minimum Gasteiger partial charge on any atom is -0.545 e. The van der Waals surface area contributed by atoms with Crippen LogP contribution in [0.3, 0.4) is 0 Å². The van der Waals surface area contributed by atoms with E-state index < -0.39 is 24.3 Å². The zero-order chi connectivity index (χ0) is 38.5. The van der Waals surface area contributed by atoms with E-state index in [1.54, 1.807) is 0 Å². The lowest BCUT2D eigenvalue weighted by atomic mass is 10.1. The molecule has 0 rings (SSSR count). The number of rotatable bonds is 37. The van der Waals surface area contributed by atoms with Crippen molar-refractivity contribution in [1.29, 1.82) is 0 Å². The monoisotopic (exact) mass is 736 g/mol. The lowest BCUT2D eigenvalue weighted by Crippen LogP contribution is -2.44. The number of hydrogen-bond acceptors (Lipinski definition) is 8. The molecule has 0 bridgehead atoms. The van der Waals surface area contributed by atoms with Crippen LogP contribution in [0.2, 0.25) is 0 Å². The number of likely N-dealkylation sites (N-methyl/N-ethyl adjacent to an activating group) is 1. The number of carboxylic acid groups (broad SMARTS) is 1. The molecule has 0 aliphatic rings. The Morgan fingerprint density at radius 1 is 0.577 bits per heavy atom. The van der Waals surface area contributed by atoms with Gasteiger partial charge in [-0.15, -0.1) is 0 Å². The Morgan fingerprint density at radius 3 is 1.62 bits per heavy atom. The van der Waals surface area contributed by atoms with E-state index in [-0.39, 0.29) is 38.6 Å². The van der Waals surface area contributed by atoms with Crippen molar-refractivity contribution in [2.45, 2.75) is 174 Å². The third-order valence-electron chi connectivity index (χ3n) is 8.59. The maximum Gasteiger partial charge on any atom is 0.306 e. The average Bonchev–Trinajstić information content (AvgIpc) is 3.09. The molecule has 302 valence electrons. The number of aliphatic carboxylic acids is 1. The van der Waals surface area contributed by atoms with Crippen molar-refractivity contribution in [3.05, 3.63) is 36.5 Å². The number of carbonyl (C=O) groups is 3. The van der Waals surface area contributed by atoms with Crippen molar-refractivity contribution < 1.29 is 42.9 Å². The van der Waals surface area contributed by atoms with Crippen molar-refractivity contribution in [2.24, 2.45) is 0 Å². The summed E-state index contributed by atoms with van der Waals surface area (Å²) in [7, 11) is 5.89. The number of allylic oxidation sites excluding steroid dienone is 6. The van der Waals surface area contributed by atoms with Crippen molar-refractivity contribution in [3.63, 3.8) is 0 Å². The Balaban J connectivity index is 4.53. The highest BCUT2D eigenvalue weighted by Crippen LogP contribution is 2.12. The number of hydrogen-bond donors (Lipinski definition) is 0. The molecule has 52 heavy (non-hydrogen) atoms. The average molecular weight is 736 g/mol. The van der Waals surface area contributed by atoms with E-state index in [2.05, 4.69) is 50.3 Å². The molecule has 0 saturated carbocycles. The van der Waals surface area contributed by atoms with Gasteiger partial charge >= 0.3 is 11.9 Å². The lowest BCUT2D eigenvalue weighted by Gasteiger charge is -2.26. The molecule has 9 heteroatoms. The normalized spacial score (nSPS) is 13.3. The maximum atomic E-state index is 12.7. The topological polar surface area (TPSA) is 111 Å². The summed E-state index contributed by atoms with van der Waals surface area (Å²) in [5, 5.41) is 11.6. The molecule has 0 heterocycles. The molecule has 0 aromatic carbocycles. The number of unbranched alkanes of at least 4 members (excludes halogenated alkanes) is 16. The van der Waals surface area contributed by atoms with Gasteiger partial charge in [0.15, 0.2) is 12.4 Å². The summed E-state index contributed by atoms with van der Waals surface area (Å²) < 4.78 is 22.5. The van der Waals surface area contributed by atoms with Crippen molar-refractivity contribution >= 4 is 17.9 Å². The number of carbonyl (C=O) groups excluding carboxylic acids is 3. The summed E-state index contributed by atoms with van der Waals surface area (Å²) >= 11 is 0. The Bertz CT molecular complexity index is 955. The maximum absolute atomic E-state index is 12.7. The molecular formula is C43H77NO8. The van der Waals surface area contributed by atoms with E-state index in [4.69, 9.17) is 18.9 Å². The van der Waals surface area contributed by atoms with Crippen LogP contribution in [0.25, 0.3) is 0 Å². The largest absolute Gasteiger partial charge is 0.545 e. The Hall–Kier alpha value is -2.49. The molecule has 0 amide bonds. The second-order valence-corrected chi connectivity index (χ2v) is 14.9. The minimum absolute atomic E-state index is 0.143. The Morgan fingerprint density at radius 2 is 1.08 bits per heavy atom. The van der Waals surface area contributed by atoms with Crippen LogP contribution in [-0.4, -0.2) is 82.3 Å². The van der Waals surface area contributed by atoms with Crippen LogP contribution >= 0.6 is 0 Å². The van der Waals surface area contributed by atoms with Crippen LogP contribution in [-0.2, 0) is 33.3 Å². The van der Waals surface area contributed by atoms with E-state index >= 15 is 0 Å². The van der Waals surface area contributed by atoms with Gasteiger partial charge in [0, 0.05) is 12.8 Å². The molecule has 2 unspecified atom stereocenters. The fourth-order valence-corrected chi connectivity index (χ4v) is 5.33. The molecule has 0 saturated heterocycles. The van der Waals surface area contributed by atoms with Gasteiger partial charge in [0.2, 0.25) is 0 Å².